The van der Waals surface area contributed by atoms with Gasteiger partial charge in [0.25, 0.3) is 0 Å². The first-order valence-corrected chi connectivity index (χ1v) is 6.73. The summed E-state index contributed by atoms with van der Waals surface area (Å²) in [5.74, 6) is -0.0419. The molecule has 20 heavy (non-hydrogen) atoms. The summed E-state index contributed by atoms with van der Waals surface area (Å²) in [6, 6.07) is 17.2. The lowest BCUT2D eigenvalue weighted by Crippen LogP contribution is -2.33. The van der Waals surface area contributed by atoms with Gasteiger partial charge in [0.05, 0.1) is 6.04 Å². The molecule has 1 amide bonds. The molecule has 0 aromatic heterocycles. The molecule has 100 valence electrons. The lowest BCUT2D eigenvalue weighted by Gasteiger charge is -2.09. The maximum absolute atomic E-state index is 12.2. The molecule has 3 rings (SSSR count). The standard InChI is InChI=1S/C17H15NO2/c19-16-11-10-15(18-16)17(20)14-8-6-13(7-9-14)12-4-2-1-3-5-12/h1-9,15H,10-11H2,(H,18,19). The third-order valence-corrected chi connectivity index (χ3v) is 3.59. The van der Waals surface area contributed by atoms with Crippen LogP contribution in [0.4, 0.5) is 0 Å². The average Bonchev–Trinajstić information content (AvgIpc) is 2.94. The summed E-state index contributed by atoms with van der Waals surface area (Å²) in [5.41, 5.74) is 2.86. The van der Waals surface area contributed by atoms with Crippen LogP contribution >= 0.6 is 0 Å². The largest absolute Gasteiger partial charge is 0.346 e. The van der Waals surface area contributed by atoms with Gasteiger partial charge in [-0.15, -0.1) is 0 Å². The number of nitrogens with one attached hydrogen (secondary N) is 1. The van der Waals surface area contributed by atoms with Crippen molar-refractivity contribution in [3.63, 3.8) is 0 Å². The molecular weight excluding hydrogens is 250 g/mol. The smallest absolute Gasteiger partial charge is 0.220 e. The second kappa shape index (κ2) is 5.29. The van der Waals surface area contributed by atoms with Crippen LogP contribution in [0.15, 0.2) is 54.6 Å². The molecule has 0 spiro atoms. The Labute approximate surface area is 117 Å². The third kappa shape index (κ3) is 2.48. The van der Waals surface area contributed by atoms with E-state index in [9.17, 15) is 9.59 Å². The van der Waals surface area contributed by atoms with E-state index in [0.29, 0.717) is 18.4 Å². The molecule has 1 unspecified atom stereocenters. The predicted octanol–water partition coefficient (Wildman–Crippen LogP) is 2.81. The molecule has 1 aliphatic rings. The van der Waals surface area contributed by atoms with Crippen molar-refractivity contribution in [3.05, 3.63) is 60.2 Å². The summed E-state index contributed by atoms with van der Waals surface area (Å²) in [6.45, 7) is 0. The number of benzene rings is 2. The van der Waals surface area contributed by atoms with Crippen molar-refractivity contribution >= 4 is 11.7 Å². The van der Waals surface area contributed by atoms with Gasteiger partial charge < -0.3 is 5.32 Å². The van der Waals surface area contributed by atoms with Crippen molar-refractivity contribution in [3.8, 4) is 11.1 Å². The van der Waals surface area contributed by atoms with E-state index < -0.39 is 0 Å². The van der Waals surface area contributed by atoms with E-state index in [1.54, 1.807) is 0 Å². The highest BCUT2D eigenvalue weighted by molar-refractivity contribution is 6.03. The first kappa shape index (κ1) is 12.6. The fourth-order valence-electron chi connectivity index (χ4n) is 2.47. The minimum atomic E-state index is -0.356. The molecule has 0 saturated carbocycles. The fourth-order valence-corrected chi connectivity index (χ4v) is 2.47. The van der Waals surface area contributed by atoms with Gasteiger partial charge in [-0.2, -0.15) is 0 Å². The number of Topliss-reactive ketones (excluding diaryl/α,β-unsaturated/α-hetero) is 1. The highest BCUT2D eigenvalue weighted by atomic mass is 16.2. The van der Waals surface area contributed by atoms with Crippen molar-refractivity contribution in [1.29, 1.82) is 0 Å². The van der Waals surface area contributed by atoms with Crippen LogP contribution in [0.25, 0.3) is 11.1 Å². The number of ketones is 1. The van der Waals surface area contributed by atoms with Crippen LogP contribution in [0.2, 0.25) is 0 Å². The molecular formula is C17H15NO2. The molecule has 1 saturated heterocycles. The van der Waals surface area contributed by atoms with Gasteiger partial charge in [-0.05, 0) is 17.5 Å². The van der Waals surface area contributed by atoms with Crippen LogP contribution in [0, 0.1) is 0 Å². The summed E-state index contributed by atoms with van der Waals surface area (Å²) in [7, 11) is 0. The first-order chi connectivity index (χ1) is 9.74. The normalized spacial score (nSPS) is 17.8. The van der Waals surface area contributed by atoms with Crippen molar-refractivity contribution in [1.82, 2.24) is 5.32 Å². The van der Waals surface area contributed by atoms with Crippen LogP contribution in [-0.2, 0) is 4.79 Å². The second-order valence-corrected chi connectivity index (χ2v) is 4.97. The Bertz CT molecular complexity index is 632. The zero-order valence-corrected chi connectivity index (χ0v) is 11.0. The minimum absolute atomic E-state index is 0.00420. The van der Waals surface area contributed by atoms with Crippen molar-refractivity contribution in [2.45, 2.75) is 18.9 Å². The van der Waals surface area contributed by atoms with E-state index in [1.165, 1.54) is 0 Å². The molecule has 2 aromatic rings. The number of carbonyl (C=O) groups excluding carboxylic acids is 2. The van der Waals surface area contributed by atoms with E-state index in [1.807, 2.05) is 54.6 Å². The summed E-state index contributed by atoms with van der Waals surface area (Å²) < 4.78 is 0. The molecule has 0 radical (unpaired) electrons. The molecule has 1 N–H and O–H groups in total. The Morgan fingerprint density at radius 2 is 1.60 bits per heavy atom. The van der Waals surface area contributed by atoms with Gasteiger partial charge in [0.1, 0.15) is 0 Å². The molecule has 0 bridgehead atoms. The van der Waals surface area contributed by atoms with Gasteiger partial charge in [0.15, 0.2) is 5.78 Å². The topological polar surface area (TPSA) is 46.2 Å². The van der Waals surface area contributed by atoms with Crippen LogP contribution < -0.4 is 5.32 Å². The third-order valence-electron chi connectivity index (χ3n) is 3.59. The Balaban J connectivity index is 1.79. The predicted molar refractivity (Wildman–Crippen MR) is 77.4 cm³/mol. The molecule has 1 aliphatic heterocycles. The number of carbonyl (C=O) groups is 2. The average molecular weight is 265 g/mol. The van der Waals surface area contributed by atoms with E-state index in [2.05, 4.69) is 5.32 Å². The zero-order valence-electron chi connectivity index (χ0n) is 11.0. The number of hydrogen-bond donors (Lipinski definition) is 1. The molecule has 1 heterocycles. The maximum Gasteiger partial charge on any atom is 0.220 e. The Kier molecular flexibility index (Phi) is 3.33. The maximum atomic E-state index is 12.2. The van der Waals surface area contributed by atoms with Gasteiger partial charge in [-0.3, -0.25) is 9.59 Å². The molecule has 1 fully saturated rings. The summed E-state index contributed by atoms with van der Waals surface area (Å²) in [6.07, 6.45) is 1.04. The monoisotopic (exact) mass is 265 g/mol. The molecule has 3 nitrogen and oxygen atoms in total. The van der Waals surface area contributed by atoms with Crippen LogP contribution in [-0.4, -0.2) is 17.7 Å². The van der Waals surface area contributed by atoms with Crippen molar-refractivity contribution < 1.29 is 9.59 Å². The fraction of sp³-hybridized carbons (Fsp3) is 0.176. The Hall–Kier alpha value is -2.42. The zero-order chi connectivity index (χ0) is 13.9. The highest BCUT2D eigenvalue weighted by Crippen LogP contribution is 2.20. The van der Waals surface area contributed by atoms with Gasteiger partial charge in [-0.25, -0.2) is 0 Å². The van der Waals surface area contributed by atoms with E-state index in [4.69, 9.17) is 0 Å². The van der Waals surface area contributed by atoms with E-state index in [-0.39, 0.29) is 17.7 Å². The molecule has 3 heteroatoms. The van der Waals surface area contributed by atoms with Gasteiger partial charge in [0, 0.05) is 12.0 Å². The first-order valence-electron chi connectivity index (χ1n) is 6.73. The summed E-state index contributed by atoms with van der Waals surface area (Å²) >= 11 is 0. The molecule has 1 atom stereocenters. The minimum Gasteiger partial charge on any atom is -0.346 e. The van der Waals surface area contributed by atoms with Crippen LogP contribution in [0.5, 0.6) is 0 Å². The van der Waals surface area contributed by atoms with Gasteiger partial charge >= 0.3 is 0 Å². The van der Waals surface area contributed by atoms with E-state index >= 15 is 0 Å². The highest BCUT2D eigenvalue weighted by Gasteiger charge is 2.27. The SMILES string of the molecule is O=C1CCC(C(=O)c2ccc(-c3ccccc3)cc2)N1. The Morgan fingerprint density at radius 1 is 0.950 bits per heavy atom. The quantitative estimate of drug-likeness (QED) is 0.867. The number of rotatable bonds is 3. The van der Waals surface area contributed by atoms with Crippen LogP contribution in [0.3, 0.4) is 0 Å². The summed E-state index contributed by atoms with van der Waals surface area (Å²) in [5, 5.41) is 2.71. The lowest BCUT2D eigenvalue weighted by molar-refractivity contribution is -0.119. The van der Waals surface area contributed by atoms with Crippen LogP contribution in [0.1, 0.15) is 23.2 Å². The number of hydrogen-bond acceptors (Lipinski definition) is 2. The lowest BCUT2D eigenvalue weighted by atomic mass is 9.99. The second-order valence-electron chi connectivity index (χ2n) is 4.97. The Morgan fingerprint density at radius 3 is 2.20 bits per heavy atom. The molecule has 2 aromatic carbocycles. The van der Waals surface area contributed by atoms with Gasteiger partial charge in [0.2, 0.25) is 5.91 Å². The summed E-state index contributed by atoms with van der Waals surface area (Å²) in [4.78, 5) is 23.4. The van der Waals surface area contributed by atoms with E-state index in [0.717, 1.165) is 11.1 Å². The molecule has 0 aliphatic carbocycles. The number of amides is 1. The van der Waals surface area contributed by atoms with Crippen molar-refractivity contribution in [2.24, 2.45) is 0 Å². The van der Waals surface area contributed by atoms with Gasteiger partial charge in [-0.1, -0.05) is 54.6 Å². The van der Waals surface area contributed by atoms with Crippen molar-refractivity contribution in [2.75, 3.05) is 0 Å².